The van der Waals surface area contributed by atoms with Crippen molar-refractivity contribution >= 4 is 0 Å². The molecule has 1 aliphatic heterocycles. The van der Waals surface area contributed by atoms with Crippen LogP contribution >= 0.6 is 0 Å². The fourth-order valence-corrected chi connectivity index (χ4v) is 3.86. The van der Waals surface area contributed by atoms with Crippen LogP contribution in [0.5, 0.6) is 0 Å². The van der Waals surface area contributed by atoms with Crippen LogP contribution in [0.1, 0.15) is 39.0 Å². The fourth-order valence-electron chi connectivity index (χ4n) is 3.86. The summed E-state index contributed by atoms with van der Waals surface area (Å²) in [6, 6.07) is 0. The third-order valence-corrected chi connectivity index (χ3v) is 5.48. The molecule has 1 saturated heterocycles. The molecule has 2 rings (SSSR count). The molecule has 19 heavy (non-hydrogen) atoms. The molecule has 1 aliphatic carbocycles. The molecule has 0 aromatic carbocycles. The number of nitrogens with zero attached hydrogens (tertiary/aromatic N) is 1. The van der Waals surface area contributed by atoms with Crippen LogP contribution in [0.2, 0.25) is 0 Å². The molecule has 4 nitrogen and oxygen atoms in total. The molecule has 4 heteroatoms. The number of methoxy groups -OCH3 is 2. The summed E-state index contributed by atoms with van der Waals surface area (Å²) in [5.41, 5.74) is 6.35. The van der Waals surface area contributed by atoms with Crippen LogP contribution < -0.4 is 5.73 Å². The molecule has 0 radical (unpaired) electrons. The van der Waals surface area contributed by atoms with E-state index in [1.54, 1.807) is 14.2 Å². The molecule has 2 unspecified atom stereocenters. The Kier molecular flexibility index (Phi) is 5.23. The Morgan fingerprint density at radius 2 is 1.63 bits per heavy atom. The van der Waals surface area contributed by atoms with Crippen LogP contribution in [0, 0.1) is 5.92 Å². The summed E-state index contributed by atoms with van der Waals surface area (Å²) >= 11 is 0. The van der Waals surface area contributed by atoms with E-state index in [4.69, 9.17) is 15.2 Å². The minimum absolute atomic E-state index is 0.190. The Morgan fingerprint density at radius 3 is 2.00 bits per heavy atom. The number of rotatable bonds is 5. The zero-order chi connectivity index (χ0) is 13.9. The van der Waals surface area contributed by atoms with E-state index < -0.39 is 0 Å². The molecule has 2 N–H and O–H groups in total. The lowest BCUT2D eigenvalue weighted by Crippen LogP contribution is -2.55. The summed E-state index contributed by atoms with van der Waals surface area (Å²) in [6.45, 7) is 4.99. The maximum absolute atomic E-state index is 6.16. The molecule has 1 heterocycles. The number of nitrogens with two attached hydrogens (primary N) is 1. The summed E-state index contributed by atoms with van der Waals surface area (Å²) in [6.07, 6.45) is 6.79. The Balaban J connectivity index is 2.02. The first-order chi connectivity index (χ1) is 9.19. The van der Waals surface area contributed by atoms with Gasteiger partial charge in [-0.25, -0.2) is 0 Å². The van der Waals surface area contributed by atoms with Crippen molar-refractivity contribution in [2.75, 3.05) is 33.9 Å². The average Bonchev–Trinajstić information content (AvgIpc) is 2.91. The number of hydrogen-bond acceptors (Lipinski definition) is 4. The van der Waals surface area contributed by atoms with Gasteiger partial charge in [0.2, 0.25) is 0 Å². The van der Waals surface area contributed by atoms with Gasteiger partial charge in [0.1, 0.15) is 0 Å². The summed E-state index contributed by atoms with van der Waals surface area (Å²) in [5, 5.41) is 0. The van der Waals surface area contributed by atoms with E-state index in [1.807, 2.05) is 0 Å². The summed E-state index contributed by atoms with van der Waals surface area (Å²) in [5.74, 6) is 0.902. The second-order valence-electron chi connectivity index (χ2n) is 6.23. The van der Waals surface area contributed by atoms with Crippen molar-refractivity contribution in [3.05, 3.63) is 0 Å². The van der Waals surface area contributed by atoms with Crippen molar-refractivity contribution in [1.29, 1.82) is 0 Å². The van der Waals surface area contributed by atoms with E-state index in [0.717, 1.165) is 25.6 Å². The molecule has 112 valence electrons. The van der Waals surface area contributed by atoms with Gasteiger partial charge in [-0.3, -0.25) is 4.90 Å². The summed E-state index contributed by atoms with van der Waals surface area (Å²) in [4.78, 5) is 2.54. The lowest BCUT2D eigenvalue weighted by atomic mass is 9.74. The van der Waals surface area contributed by atoms with Gasteiger partial charge in [-0.05, 0) is 31.6 Å². The third kappa shape index (κ3) is 2.97. The van der Waals surface area contributed by atoms with Gasteiger partial charge < -0.3 is 15.2 Å². The Morgan fingerprint density at radius 1 is 1.11 bits per heavy atom. The van der Waals surface area contributed by atoms with E-state index in [0.29, 0.717) is 0 Å². The topological polar surface area (TPSA) is 47.7 Å². The summed E-state index contributed by atoms with van der Waals surface area (Å²) < 4.78 is 11.1. The van der Waals surface area contributed by atoms with Gasteiger partial charge >= 0.3 is 0 Å². The largest absolute Gasteiger partial charge is 0.377 e. The van der Waals surface area contributed by atoms with Crippen LogP contribution in [-0.2, 0) is 9.47 Å². The van der Waals surface area contributed by atoms with Crippen molar-refractivity contribution < 1.29 is 9.47 Å². The second kappa shape index (κ2) is 6.53. The molecular weight excluding hydrogens is 240 g/mol. The number of ether oxygens (including phenoxy) is 2. The van der Waals surface area contributed by atoms with Crippen LogP contribution in [0.15, 0.2) is 0 Å². The third-order valence-electron chi connectivity index (χ3n) is 5.48. The first kappa shape index (κ1) is 15.2. The van der Waals surface area contributed by atoms with Crippen LogP contribution in [0.4, 0.5) is 0 Å². The van der Waals surface area contributed by atoms with Gasteiger partial charge in [-0.1, -0.05) is 13.3 Å². The normalized spacial score (nSPS) is 40.7. The van der Waals surface area contributed by atoms with Crippen LogP contribution in [-0.4, -0.2) is 56.5 Å². The number of hydrogen-bond donors (Lipinski definition) is 1. The highest BCUT2D eigenvalue weighted by atomic mass is 16.5. The molecule has 2 fully saturated rings. The highest BCUT2D eigenvalue weighted by Crippen LogP contribution is 2.39. The highest BCUT2D eigenvalue weighted by Gasteiger charge is 2.45. The highest BCUT2D eigenvalue weighted by molar-refractivity contribution is 5.01. The van der Waals surface area contributed by atoms with Crippen molar-refractivity contribution in [3.8, 4) is 0 Å². The SMILES string of the molecule is CCC1CCC(CN)(N2CC(OC)C(OC)C2)CC1. The smallest absolute Gasteiger partial charge is 0.0972 e. The fraction of sp³-hybridized carbons (Fsp3) is 1.00. The van der Waals surface area contributed by atoms with E-state index >= 15 is 0 Å². The first-order valence-electron chi connectivity index (χ1n) is 7.69. The zero-order valence-electron chi connectivity index (χ0n) is 12.7. The maximum atomic E-state index is 6.16. The van der Waals surface area contributed by atoms with E-state index in [1.165, 1.54) is 32.1 Å². The van der Waals surface area contributed by atoms with E-state index in [-0.39, 0.29) is 17.7 Å². The van der Waals surface area contributed by atoms with Gasteiger partial charge in [0, 0.05) is 39.4 Å². The molecule has 0 aromatic rings. The van der Waals surface area contributed by atoms with E-state index in [9.17, 15) is 0 Å². The lowest BCUT2D eigenvalue weighted by Gasteiger charge is -2.46. The van der Waals surface area contributed by atoms with Crippen molar-refractivity contribution in [2.45, 2.75) is 56.8 Å². The lowest BCUT2D eigenvalue weighted by molar-refractivity contribution is -0.00461. The van der Waals surface area contributed by atoms with Crippen molar-refractivity contribution in [3.63, 3.8) is 0 Å². The van der Waals surface area contributed by atoms with Gasteiger partial charge in [0.15, 0.2) is 0 Å². The second-order valence-corrected chi connectivity index (χ2v) is 6.23. The van der Waals surface area contributed by atoms with Crippen molar-refractivity contribution in [2.24, 2.45) is 11.7 Å². The Labute approximate surface area is 117 Å². The molecule has 0 amide bonds. The Bertz CT molecular complexity index is 265. The zero-order valence-corrected chi connectivity index (χ0v) is 12.7. The van der Waals surface area contributed by atoms with Crippen molar-refractivity contribution in [1.82, 2.24) is 4.90 Å². The van der Waals surface area contributed by atoms with Crippen LogP contribution in [0.3, 0.4) is 0 Å². The average molecular weight is 270 g/mol. The van der Waals surface area contributed by atoms with E-state index in [2.05, 4.69) is 11.8 Å². The monoisotopic (exact) mass is 270 g/mol. The van der Waals surface area contributed by atoms with Gasteiger partial charge in [-0.15, -0.1) is 0 Å². The van der Waals surface area contributed by atoms with Gasteiger partial charge in [0.05, 0.1) is 12.2 Å². The van der Waals surface area contributed by atoms with Gasteiger partial charge in [-0.2, -0.15) is 0 Å². The molecule has 1 saturated carbocycles. The predicted octanol–water partition coefficient (Wildman–Crippen LogP) is 1.63. The molecular formula is C15H30N2O2. The standard InChI is InChI=1S/C15H30N2O2/c1-4-12-5-7-15(11-16,8-6-12)17-9-13(18-2)14(10-17)19-3/h12-14H,4-11,16H2,1-3H3. The Hall–Kier alpha value is -0.160. The first-order valence-corrected chi connectivity index (χ1v) is 7.69. The van der Waals surface area contributed by atoms with Gasteiger partial charge in [0.25, 0.3) is 0 Å². The maximum Gasteiger partial charge on any atom is 0.0972 e. The molecule has 2 aliphatic rings. The minimum atomic E-state index is 0.190. The minimum Gasteiger partial charge on any atom is -0.377 e. The van der Waals surface area contributed by atoms with Crippen LogP contribution in [0.25, 0.3) is 0 Å². The quantitative estimate of drug-likeness (QED) is 0.825. The molecule has 0 aromatic heterocycles. The predicted molar refractivity (Wildman–Crippen MR) is 77.2 cm³/mol. The molecule has 2 atom stereocenters. The molecule has 0 spiro atoms. The molecule has 0 bridgehead atoms. The number of likely N-dealkylation sites (tertiary alicyclic amines) is 1. The summed E-state index contributed by atoms with van der Waals surface area (Å²) in [7, 11) is 3.56.